The number of sulfonamides is 1. The molecular formula is C15H20N2O6S. The number of hydrogen-bond acceptors (Lipinski definition) is 7. The molecule has 1 saturated heterocycles. The van der Waals surface area contributed by atoms with Crippen molar-refractivity contribution in [2.75, 3.05) is 27.3 Å². The Labute approximate surface area is 140 Å². The van der Waals surface area contributed by atoms with E-state index in [1.54, 1.807) is 0 Å². The first-order valence-corrected chi connectivity index (χ1v) is 8.90. The number of rotatable bonds is 6. The van der Waals surface area contributed by atoms with E-state index in [9.17, 15) is 18.0 Å². The third kappa shape index (κ3) is 4.31. The molecule has 1 atom stereocenters. The quantitative estimate of drug-likeness (QED) is 0.705. The van der Waals surface area contributed by atoms with E-state index in [2.05, 4.69) is 19.5 Å². The van der Waals surface area contributed by atoms with Crippen LogP contribution in [0.1, 0.15) is 33.6 Å². The molecule has 1 heterocycles. The predicted octanol–water partition coefficient (Wildman–Crippen LogP) is 0.290. The highest BCUT2D eigenvalue weighted by molar-refractivity contribution is 7.89. The van der Waals surface area contributed by atoms with Gasteiger partial charge in [0.1, 0.15) is 0 Å². The van der Waals surface area contributed by atoms with Gasteiger partial charge in [0.15, 0.2) is 0 Å². The molecule has 1 aromatic carbocycles. The number of nitrogens with one attached hydrogen (secondary N) is 2. The van der Waals surface area contributed by atoms with Gasteiger partial charge in [0.25, 0.3) is 0 Å². The monoisotopic (exact) mass is 356 g/mol. The van der Waals surface area contributed by atoms with Gasteiger partial charge in [-0.1, -0.05) is 0 Å². The number of methoxy groups -OCH3 is 2. The first kappa shape index (κ1) is 18.4. The molecule has 0 aromatic heterocycles. The van der Waals surface area contributed by atoms with Gasteiger partial charge in [-0.05, 0) is 37.6 Å². The molecule has 0 bridgehead atoms. The zero-order valence-corrected chi connectivity index (χ0v) is 14.3. The maximum Gasteiger partial charge on any atom is 0.337 e. The minimum absolute atomic E-state index is 0.0419. The van der Waals surface area contributed by atoms with Gasteiger partial charge in [-0.15, -0.1) is 0 Å². The maximum absolute atomic E-state index is 12.5. The maximum atomic E-state index is 12.5. The highest BCUT2D eigenvalue weighted by atomic mass is 32.2. The first-order valence-electron chi connectivity index (χ1n) is 7.42. The average molecular weight is 356 g/mol. The fourth-order valence-electron chi connectivity index (χ4n) is 2.45. The summed E-state index contributed by atoms with van der Waals surface area (Å²) in [4.78, 5) is 23.3. The summed E-state index contributed by atoms with van der Waals surface area (Å²) in [6.45, 7) is 1.09. The van der Waals surface area contributed by atoms with Crippen LogP contribution in [0.25, 0.3) is 0 Å². The van der Waals surface area contributed by atoms with Crippen molar-refractivity contribution in [2.24, 2.45) is 0 Å². The Morgan fingerprint density at radius 3 is 2.21 bits per heavy atom. The van der Waals surface area contributed by atoms with Crippen molar-refractivity contribution in [1.82, 2.24) is 10.0 Å². The molecule has 1 aliphatic rings. The van der Waals surface area contributed by atoms with E-state index in [1.165, 1.54) is 32.4 Å². The van der Waals surface area contributed by atoms with E-state index in [0.717, 1.165) is 19.4 Å². The number of esters is 2. The lowest BCUT2D eigenvalue weighted by Crippen LogP contribution is -2.37. The summed E-state index contributed by atoms with van der Waals surface area (Å²) in [6.07, 6.45) is 1.88. The standard InChI is InChI=1S/C15H20N2O6S/c1-22-14(18)10-6-11(15(19)23-2)8-13(7-10)24(20,21)17-9-12-4-3-5-16-12/h6-8,12,16-17H,3-5,9H2,1-2H3. The minimum Gasteiger partial charge on any atom is -0.465 e. The molecule has 1 fully saturated rings. The lowest BCUT2D eigenvalue weighted by Gasteiger charge is -2.13. The van der Waals surface area contributed by atoms with Crippen molar-refractivity contribution in [1.29, 1.82) is 0 Å². The largest absolute Gasteiger partial charge is 0.465 e. The molecule has 0 amide bonds. The molecule has 1 unspecified atom stereocenters. The Hall–Kier alpha value is -1.97. The Morgan fingerprint density at radius 1 is 1.17 bits per heavy atom. The van der Waals surface area contributed by atoms with Gasteiger partial charge in [0, 0.05) is 12.6 Å². The van der Waals surface area contributed by atoms with Gasteiger partial charge in [0.2, 0.25) is 10.0 Å². The van der Waals surface area contributed by atoms with Crippen molar-refractivity contribution in [3.05, 3.63) is 29.3 Å². The van der Waals surface area contributed by atoms with Crippen molar-refractivity contribution in [3.63, 3.8) is 0 Å². The lowest BCUT2D eigenvalue weighted by molar-refractivity contribution is 0.0598. The van der Waals surface area contributed by atoms with Crippen LogP contribution in [0.2, 0.25) is 0 Å². The predicted molar refractivity (Wildman–Crippen MR) is 85.3 cm³/mol. The summed E-state index contributed by atoms with van der Waals surface area (Å²) in [5, 5.41) is 3.18. The van der Waals surface area contributed by atoms with E-state index in [0.29, 0.717) is 0 Å². The van der Waals surface area contributed by atoms with Crippen molar-refractivity contribution < 1.29 is 27.5 Å². The summed E-state index contributed by atoms with van der Waals surface area (Å²) >= 11 is 0. The number of ether oxygens (including phenoxy) is 2. The highest BCUT2D eigenvalue weighted by Gasteiger charge is 2.23. The molecular weight excluding hydrogens is 336 g/mol. The van der Waals surface area contributed by atoms with Crippen molar-refractivity contribution in [2.45, 2.75) is 23.8 Å². The first-order chi connectivity index (χ1) is 11.4. The van der Waals surface area contributed by atoms with Crippen LogP contribution in [0.5, 0.6) is 0 Å². The fourth-order valence-corrected chi connectivity index (χ4v) is 3.60. The normalized spacial score (nSPS) is 17.5. The van der Waals surface area contributed by atoms with Crippen LogP contribution in [-0.2, 0) is 19.5 Å². The smallest absolute Gasteiger partial charge is 0.337 e. The van der Waals surface area contributed by atoms with E-state index in [4.69, 9.17) is 0 Å². The average Bonchev–Trinajstić information content (AvgIpc) is 3.11. The van der Waals surface area contributed by atoms with E-state index in [-0.39, 0.29) is 28.6 Å². The summed E-state index contributed by atoms with van der Waals surface area (Å²) in [6, 6.07) is 3.64. The van der Waals surface area contributed by atoms with Crippen LogP contribution in [0.3, 0.4) is 0 Å². The second-order valence-electron chi connectivity index (χ2n) is 5.37. The molecule has 0 aliphatic carbocycles. The second kappa shape index (κ2) is 7.73. The van der Waals surface area contributed by atoms with E-state index < -0.39 is 22.0 Å². The molecule has 24 heavy (non-hydrogen) atoms. The van der Waals surface area contributed by atoms with Crippen LogP contribution in [0, 0.1) is 0 Å². The minimum atomic E-state index is -3.88. The SMILES string of the molecule is COC(=O)c1cc(C(=O)OC)cc(S(=O)(=O)NCC2CCCN2)c1. The summed E-state index contributed by atoms with van der Waals surface area (Å²) in [5.41, 5.74) is -0.0838. The topological polar surface area (TPSA) is 111 Å². The molecule has 0 radical (unpaired) electrons. The van der Waals surface area contributed by atoms with Gasteiger partial charge in [-0.2, -0.15) is 0 Å². The van der Waals surface area contributed by atoms with Gasteiger partial charge in [-0.3, -0.25) is 0 Å². The zero-order valence-electron chi connectivity index (χ0n) is 13.5. The molecule has 1 aromatic rings. The third-order valence-corrected chi connectivity index (χ3v) is 5.14. The van der Waals surface area contributed by atoms with Gasteiger partial charge in [0.05, 0.1) is 30.2 Å². The molecule has 0 saturated carbocycles. The molecule has 1 aliphatic heterocycles. The van der Waals surface area contributed by atoms with Gasteiger partial charge in [-0.25, -0.2) is 22.7 Å². The molecule has 132 valence electrons. The van der Waals surface area contributed by atoms with Crippen LogP contribution >= 0.6 is 0 Å². The lowest BCUT2D eigenvalue weighted by atomic mass is 10.1. The number of benzene rings is 1. The summed E-state index contributed by atoms with van der Waals surface area (Å²) in [5.74, 6) is -1.48. The van der Waals surface area contributed by atoms with Crippen LogP contribution < -0.4 is 10.0 Å². The molecule has 0 spiro atoms. The Morgan fingerprint density at radius 2 is 1.75 bits per heavy atom. The zero-order chi connectivity index (χ0) is 17.7. The van der Waals surface area contributed by atoms with Crippen LogP contribution in [0.15, 0.2) is 23.1 Å². The molecule has 2 N–H and O–H groups in total. The van der Waals surface area contributed by atoms with Crippen molar-refractivity contribution >= 4 is 22.0 Å². The van der Waals surface area contributed by atoms with Crippen LogP contribution in [0.4, 0.5) is 0 Å². The highest BCUT2D eigenvalue weighted by Crippen LogP contribution is 2.17. The van der Waals surface area contributed by atoms with Gasteiger partial charge >= 0.3 is 11.9 Å². The Kier molecular flexibility index (Phi) is 5.92. The van der Waals surface area contributed by atoms with E-state index in [1.807, 2.05) is 0 Å². The van der Waals surface area contributed by atoms with Gasteiger partial charge < -0.3 is 14.8 Å². The molecule has 2 rings (SSSR count). The number of carbonyl (C=O) groups is 2. The summed E-state index contributed by atoms with van der Waals surface area (Å²) < 4.78 is 36.6. The Bertz CT molecular complexity index is 691. The number of carbonyl (C=O) groups excluding carboxylic acids is 2. The molecule has 9 heteroatoms. The number of hydrogen-bond donors (Lipinski definition) is 2. The second-order valence-corrected chi connectivity index (χ2v) is 7.14. The molecule has 8 nitrogen and oxygen atoms in total. The summed E-state index contributed by atoms with van der Waals surface area (Å²) in [7, 11) is -1.54. The van der Waals surface area contributed by atoms with Crippen molar-refractivity contribution in [3.8, 4) is 0 Å². The van der Waals surface area contributed by atoms with Crippen LogP contribution in [-0.4, -0.2) is 53.7 Å². The van der Waals surface area contributed by atoms with E-state index >= 15 is 0 Å². The Balaban J connectivity index is 2.31. The fraction of sp³-hybridized carbons (Fsp3) is 0.467. The third-order valence-electron chi connectivity index (χ3n) is 3.74.